The Morgan fingerprint density at radius 3 is 1.96 bits per heavy atom. The molecule has 136 valence electrons. The van der Waals surface area contributed by atoms with E-state index in [4.69, 9.17) is 9.47 Å². The molecule has 0 aromatic rings. The van der Waals surface area contributed by atoms with Crippen molar-refractivity contribution in [1.29, 1.82) is 0 Å². The molecule has 5 nitrogen and oxygen atoms in total. The number of hydrogen-bond donors (Lipinski definition) is 1. The van der Waals surface area contributed by atoms with Crippen molar-refractivity contribution >= 4 is 11.7 Å². The number of amides is 1. The van der Waals surface area contributed by atoms with Gasteiger partial charge in [-0.05, 0) is 40.5 Å². The highest BCUT2D eigenvalue weighted by molar-refractivity contribution is 5.80. The summed E-state index contributed by atoms with van der Waals surface area (Å²) in [6, 6.07) is 0. The van der Waals surface area contributed by atoms with Gasteiger partial charge in [0.2, 0.25) is 5.91 Å². The Morgan fingerprint density at radius 1 is 0.913 bits per heavy atom. The minimum atomic E-state index is -0.337. The van der Waals surface area contributed by atoms with Gasteiger partial charge in [-0.3, -0.25) is 9.59 Å². The molecule has 5 heteroatoms. The van der Waals surface area contributed by atoms with Crippen LogP contribution in [0.15, 0.2) is 0 Å². The maximum atomic E-state index is 11.6. The molecule has 0 aliphatic carbocycles. The third-order valence-corrected chi connectivity index (χ3v) is 3.92. The molecule has 0 aliphatic rings. The first-order chi connectivity index (χ1) is 10.5. The fourth-order valence-electron chi connectivity index (χ4n) is 1.97. The van der Waals surface area contributed by atoms with Crippen LogP contribution in [0.4, 0.5) is 0 Å². The zero-order valence-corrected chi connectivity index (χ0v) is 16.0. The molecule has 0 aliphatic heterocycles. The molecule has 1 amide bonds. The summed E-state index contributed by atoms with van der Waals surface area (Å²) < 4.78 is 11.7. The SMILES string of the molecule is CNC(=O)CCC(C)(C)OCCC(C)(C)OCCC(=O)C(C)C. The molecule has 0 saturated carbocycles. The Bertz CT molecular complexity index is 375. The first-order valence-corrected chi connectivity index (χ1v) is 8.50. The van der Waals surface area contributed by atoms with Crippen molar-refractivity contribution in [2.24, 2.45) is 5.92 Å². The lowest BCUT2D eigenvalue weighted by atomic mass is 10.0. The first kappa shape index (κ1) is 22.1. The Kier molecular flexibility index (Phi) is 9.63. The highest BCUT2D eigenvalue weighted by atomic mass is 16.5. The predicted octanol–water partition coefficient (Wildman–Crippen LogP) is 3.11. The van der Waals surface area contributed by atoms with Gasteiger partial charge in [-0.15, -0.1) is 0 Å². The second kappa shape index (κ2) is 10.0. The molecule has 0 saturated heterocycles. The van der Waals surface area contributed by atoms with Gasteiger partial charge in [0, 0.05) is 25.8 Å². The van der Waals surface area contributed by atoms with E-state index in [1.807, 2.05) is 41.5 Å². The van der Waals surface area contributed by atoms with Crippen LogP contribution in [0.25, 0.3) is 0 Å². The average Bonchev–Trinajstić information content (AvgIpc) is 2.43. The van der Waals surface area contributed by atoms with Crippen LogP contribution < -0.4 is 5.32 Å². The number of ketones is 1. The van der Waals surface area contributed by atoms with Crippen molar-refractivity contribution in [3.05, 3.63) is 0 Å². The van der Waals surface area contributed by atoms with Crippen molar-refractivity contribution in [2.45, 2.75) is 78.4 Å². The van der Waals surface area contributed by atoms with Gasteiger partial charge in [0.25, 0.3) is 0 Å². The minimum absolute atomic E-state index is 0.0279. The number of carbonyl (C=O) groups excluding carboxylic acids is 2. The van der Waals surface area contributed by atoms with Gasteiger partial charge < -0.3 is 14.8 Å². The highest BCUT2D eigenvalue weighted by Gasteiger charge is 2.23. The van der Waals surface area contributed by atoms with Crippen LogP contribution in [0.1, 0.15) is 67.2 Å². The zero-order valence-electron chi connectivity index (χ0n) is 16.0. The molecule has 0 rings (SSSR count). The van der Waals surface area contributed by atoms with E-state index in [1.165, 1.54) is 0 Å². The minimum Gasteiger partial charge on any atom is -0.375 e. The van der Waals surface area contributed by atoms with E-state index < -0.39 is 0 Å². The van der Waals surface area contributed by atoms with Gasteiger partial charge in [0.15, 0.2) is 0 Å². The van der Waals surface area contributed by atoms with E-state index in [1.54, 1.807) is 7.05 Å². The molecule has 23 heavy (non-hydrogen) atoms. The Labute approximate surface area is 141 Å². The van der Waals surface area contributed by atoms with Crippen molar-refractivity contribution in [1.82, 2.24) is 5.32 Å². The Balaban J connectivity index is 4.03. The second-order valence-corrected chi connectivity index (χ2v) is 7.51. The molecule has 0 fully saturated rings. The fourth-order valence-corrected chi connectivity index (χ4v) is 1.97. The van der Waals surface area contributed by atoms with E-state index >= 15 is 0 Å². The largest absolute Gasteiger partial charge is 0.375 e. The Hall–Kier alpha value is -0.940. The zero-order chi connectivity index (χ0) is 18.1. The third kappa shape index (κ3) is 11.3. The first-order valence-electron chi connectivity index (χ1n) is 8.50. The van der Waals surface area contributed by atoms with Gasteiger partial charge in [-0.25, -0.2) is 0 Å². The summed E-state index contributed by atoms with van der Waals surface area (Å²) in [6.45, 7) is 12.8. The van der Waals surface area contributed by atoms with Crippen LogP contribution in [0, 0.1) is 5.92 Å². The van der Waals surface area contributed by atoms with Gasteiger partial charge in [-0.2, -0.15) is 0 Å². The lowest BCUT2D eigenvalue weighted by Crippen LogP contribution is -2.32. The maximum absolute atomic E-state index is 11.6. The van der Waals surface area contributed by atoms with Gasteiger partial charge in [0.05, 0.1) is 24.4 Å². The van der Waals surface area contributed by atoms with Crippen molar-refractivity contribution in [3.8, 4) is 0 Å². The molecule has 0 atom stereocenters. The summed E-state index contributed by atoms with van der Waals surface area (Å²) in [4.78, 5) is 22.9. The van der Waals surface area contributed by atoms with E-state index in [-0.39, 0.29) is 28.8 Å². The smallest absolute Gasteiger partial charge is 0.219 e. The summed E-state index contributed by atoms with van der Waals surface area (Å²) in [5.74, 6) is 0.318. The van der Waals surface area contributed by atoms with Crippen molar-refractivity contribution in [3.63, 3.8) is 0 Å². The fraction of sp³-hybridized carbons (Fsp3) is 0.889. The molecule has 0 spiro atoms. The van der Waals surface area contributed by atoms with Crippen molar-refractivity contribution in [2.75, 3.05) is 20.3 Å². The highest BCUT2D eigenvalue weighted by Crippen LogP contribution is 2.21. The standard InChI is InChI=1S/C18H35NO4/c1-14(2)15(20)9-12-22-18(5,6)11-13-23-17(3,4)10-8-16(21)19-7/h14H,8-13H2,1-7H3,(H,19,21). The number of rotatable bonds is 12. The van der Waals surface area contributed by atoms with Crippen LogP contribution in [-0.4, -0.2) is 43.2 Å². The van der Waals surface area contributed by atoms with Crippen LogP contribution in [0.3, 0.4) is 0 Å². The number of nitrogens with one attached hydrogen (secondary N) is 1. The summed E-state index contributed by atoms with van der Waals surface area (Å²) in [5, 5.41) is 2.62. The molecule has 0 aromatic heterocycles. The van der Waals surface area contributed by atoms with E-state index in [0.717, 1.165) is 6.42 Å². The maximum Gasteiger partial charge on any atom is 0.219 e. The van der Waals surface area contributed by atoms with E-state index in [0.29, 0.717) is 32.5 Å². The van der Waals surface area contributed by atoms with Crippen LogP contribution >= 0.6 is 0 Å². The van der Waals surface area contributed by atoms with Gasteiger partial charge in [-0.1, -0.05) is 13.8 Å². The lowest BCUT2D eigenvalue weighted by molar-refractivity contribution is -0.126. The normalized spacial score (nSPS) is 12.5. The van der Waals surface area contributed by atoms with E-state index in [9.17, 15) is 9.59 Å². The summed E-state index contributed by atoms with van der Waals surface area (Å²) in [7, 11) is 1.64. The third-order valence-electron chi connectivity index (χ3n) is 3.92. The van der Waals surface area contributed by atoms with Gasteiger partial charge >= 0.3 is 0 Å². The summed E-state index contributed by atoms with van der Waals surface area (Å²) in [5.41, 5.74) is -0.662. The van der Waals surface area contributed by atoms with Crippen molar-refractivity contribution < 1.29 is 19.1 Å². The van der Waals surface area contributed by atoms with Crippen LogP contribution in [-0.2, 0) is 19.1 Å². The molecule has 0 bridgehead atoms. The summed E-state index contributed by atoms with van der Waals surface area (Å²) >= 11 is 0. The molecule has 1 N–H and O–H groups in total. The Morgan fingerprint density at radius 2 is 1.43 bits per heavy atom. The molecule has 0 radical (unpaired) electrons. The molecule has 0 heterocycles. The van der Waals surface area contributed by atoms with Crippen LogP contribution in [0.2, 0.25) is 0 Å². The predicted molar refractivity (Wildman–Crippen MR) is 92.4 cm³/mol. The molecular weight excluding hydrogens is 294 g/mol. The number of hydrogen-bond acceptors (Lipinski definition) is 4. The second-order valence-electron chi connectivity index (χ2n) is 7.51. The molecular formula is C18H35NO4. The van der Waals surface area contributed by atoms with E-state index in [2.05, 4.69) is 5.32 Å². The molecule has 0 aromatic carbocycles. The summed E-state index contributed by atoms with van der Waals surface area (Å²) in [6.07, 6.45) is 2.34. The molecule has 0 unspecified atom stereocenters. The lowest BCUT2D eigenvalue weighted by Gasteiger charge is -2.29. The monoisotopic (exact) mass is 329 g/mol. The van der Waals surface area contributed by atoms with Crippen LogP contribution in [0.5, 0.6) is 0 Å². The number of ether oxygens (including phenoxy) is 2. The van der Waals surface area contributed by atoms with Gasteiger partial charge in [0.1, 0.15) is 5.78 Å². The quantitative estimate of drug-likeness (QED) is 0.597. The average molecular weight is 329 g/mol. The topological polar surface area (TPSA) is 64.6 Å². The number of carbonyl (C=O) groups is 2. The number of Topliss-reactive ketones (excluding diaryl/α,β-unsaturated/α-hetero) is 1.